The minimum absolute atomic E-state index is 0.550. The number of nitrogens with two attached hydrogens (primary N) is 1. The number of nitrogen functional groups attached to an aromatic ring is 1. The van der Waals surface area contributed by atoms with E-state index in [1.54, 1.807) is 12.4 Å². The summed E-state index contributed by atoms with van der Waals surface area (Å²) in [5.41, 5.74) is 2.45. The minimum Gasteiger partial charge on any atom is -0.381 e. The molecule has 0 bridgehead atoms. The van der Waals surface area contributed by atoms with Gasteiger partial charge in [-0.2, -0.15) is 0 Å². The van der Waals surface area contributed by atoms with E-state index in [0.29, 0.717) is 11.6 Å². The molecule has 0 aromatic carbocycles. The fourth-order valence-electron chi connectivity index (χ4n) is 1.26. The maximum absolute atomic E-state index is 5.45. The highest BCUT2D eigenvalue weighted by Crippen LogP contribution is 2.04. The van der Waals surface area contributed by atoms with E-state index in [1.807, 2.05) is 0 Å². The van der Waals surface area contributed by atoms with Gasteiger partial charge >= 0.3 is 0 Å². The first-order valence-corrected chi connectivity index (χ1v) is 5.97. The number of anilines is 2. The average molecular weight is 239 g/mol. The van der Waals surface area contributed by atoms with Gasteiger partial charge in [-0.3, -0.25) is 4.98 Å². The summed E-state index contributed by atoms with van der Waals surface area (Å²) in [5, 5.41) is 3.16. The van der Waals surface area contributed by atoms with Crippen LogP contribution in [0.4, 0.5) is 11.6 Å². The maximum Gasteiger partial charge on any atom is 0.160 e. The molecule has 0 amide bonds. The Morgan fingerprint density at radius 3 is 2.76 bits per heavy atom. The molecule has 0 aliphatic rings. The molecular weight excluding hydrogens is 218 g/mol. The van der Waals surface area contributed by atoms with Crippen LogP contribution in [-0.4, -0.2) is 29.7 Å². The normalized spacial score (nSPS) is 10.2. The second-order valence-electron chi connectivity index (χ2n) is 3.68. The van der Waals surface area contributed by atoms with Crippen molar-refractivity contribution in [1.82, 2.24) is 9.97 Å². The molecule has 0 fully saturated rings. The molecule has 0 radical (unpaired) electrons. The van der Waals surface area contributed by atoms with E-state index in [9.17, 15) is 0 Å². The molecule has 1 aromatic rings. The van der Waals surface area contributed by atoms with E-state index in [4.69, 9.17) is 10.6 Å². The zero-order valence-corrected chi connectivity index (χ0v) is 10.3. The SMILES string of the molecule is CCCCOCCCNc1cncc(NN)n1. The monoisotopic (exact) mass is 239 g/mol. The number of ether oxygens (including phenoxy) is 1. The quantitative estimate of drug-likeness (QED) is 0.343. The van der Waals surface area contributed by atoms with Crippen molar-refractivity contribution in [2.75, 3.05) is 30.5 Å². The van der Waals surface area contributed by atoms with Crippen LogP contribution in [0.5, 0.6) is 0 Å². The summed E-state index contributed by atoms with van der Waals surface area (Å²) in [5.74, 6) is 6.51. The topological polar surface area (TPSA) is 85.1 Å². The van der Waals surface area contributed by atoms with E-state index >= 15 is 0 Å². The number of rotatable bonds is 9. The molecule has 0 aliphatic heterocycles. The number of aromatic nitrogens is 2. The second-order valence-corrected chi connectivity index (χ2v) is 3.68. The molecule has 17 heavy (non-hydrogen) atoms. The summed E-state index contributed by atoms with van der Waals surface area (Å²) < 4.78 is 5.45. The molecule has 0 saturated heterocycles. The van der Waals surface area contributed by atoms with Crippen LogP contribution in [0.1, 0.15) is 26.2 Å². The third-order valence-electron chi connectivity index (χ3n) is 2.20. The van der Waals surface area contributed by atoms with E-state index in [2.05, 4.69) is 27.6 Å². The molecule has 1 rings (SSSR count). The highest BCUT2D eigenvalue weighted by Gasteiger charge is 1.96. The van der Waals surface area contributed by atoms with Gasteiger partial charge < -0.3 is 15.5 Å². The van der Waals surface area contributed by atoms with Crippen LogP contribution < -0.4 is 16.6 Å². The molecule has 0 spiro atoms. The standard InChI is InChI=1S/C11H21N5O/c1-2-3-6-17-7-4-5-14-10-8-13-9-11(15-10)16-12/h8-9H,2-7,12H2,1H3,(H2,14,15,16). The van der Waals surface area contributed by atoms with E-state index in [0.717, 1.165) is 32.6 Å². The number of hydrazine groups is 1. The first-order chi connectivity index (χ1) is 8.36. The van der Waals surface area contributed by atoms with Crippen molar-refractivity contribution in [3.63, 3.8) is 0 Å². The van der Waals surface area contributed by atoms with Crippen LogP contribution in [0.25, 0.3) is 0 Å². The van der Waals surface area contributed by atoms with Gasteiger partial charge in [-0.25, -0.2) is 10.8 Å². The predicted molar refractivity (Wildman–Crippen MR) is 68.7 cm³/mol. The van der Waals surface area contributed by atoms with Gasteiger partial charge in [0.2, 0.25) is 0 Å². The lowest BCUT2D eigenvalue weighted by atomic mass is 10.4. The highest BCUT2D eigenvalue weighted by molar-refractivity contribution is 5.40. The molecule has 0 aliphatic carbocycles. The Balaban J connectivity index is 2.09. The molecule has 4 N–H and O–H groups in total. The number of hydrogen-bond acceptors (Lipinski definition) is 6. The third kappa shape index (κ3) is 6.03. The number of nitrogens with one attached hydrogen (secondary N) is 2. The first kappa shape index (κ1) is 13.7. The minimum atomic E-state index is 0.550. The molecule has 0 unspecified atom stereocenters. The Morgan fingerprint density at radius 1 is 1.24 bits per heavy atom. The lowest BCUT2D eigenvalue weighted by molar-refractivity contribution is 0.131. The van der Waals surface area contributed by atoms with Gasteiger partial charge in [0.15, 0.2) is 5.82 Å². The Kier molecular flexibility index (Phi) is 7.01. The predicted octanol–water partition coefficient (Wildman–Crippen LogP) is 1.38. The van der Waals surface area contributed by atoms with Crippen LogP contribution in [0.3, 0.4) is 0 Å². The maximum atomic E-state index is 5.45. The van der Waals surface area contributed by atoms with Crippen molar-refractivity contribution in [3.8, 4) is 0 Å². The zero-order valence-electron chi connectivity index (χ0n) is 10.3. The molecule has 1 aromatic heterocycles. The fraction of sp³-hybridized carbons (Fsp3) is 0.636. The van der Waals surface area contributed by atoms with Gasteiger partial charge in [0.05, 0.1) is 12.4 Å². The molecular formula is C11H21N5O. The zero-order chi connectivity index (χ0) is 12.3. The van der Waals surface area contributed by atoms with Gasteiger partial charge in [0.1, 0.15) is 5.82 Å². The van der Waals surface area contributed by atoms with Crippen molar-refractivity contribution in [1.29, 1.82) is 0 Å². The summed E-state index contributed by atoms with van der Waals surface area (Å²) in [6.45, 7) is 4.59. The van der Waals surface area contributed by atoms with Gasteiger partial charge in [0, 0.05) is 19.8 Å². The highest BCUT2D eigenvalue weighted by atomic mass is 16.5. The van der Waals surface area contributed by atoms with Crippen LogP contribution in [0.2, 0.25) is 0 Å². The molecule has 96 valence electrons. The molecule has 0 atom stereocenters. The van der Waals surface area contributed by atoms with Crippen molar-refractivity contribution in [2.45, 2.75) is 26.2 Å². The number of hydrogen-bond donors (Lipinski definition) is 3. The van der Waals surface area contributed by atoms with E-state index < -0.39 is 0 Å². The van der Waals surface area contributed by atoms with Crippen LogP contribution in [0, 0.1) is 0 Å². The summed E-state index contributed by atoms with van der Waals surface area (Å²) in [7, 11) is 0. The smallest absolute Gasteiger partial charge is 0.160 e. The molecule has 6 heteroatoms. The Bertz CT molecular complexity index is 308. The van der Waals surface area contributed by atoms with Gasteiger partial charge in [0.25, 0.3) is 0 Å². The second kappa shape index (κ2) is 8.72. The van der Waals surface area contributed by atoms with Crippen molar-refractivity contribution >= 4 is 11.6 Å². The van der Waals surface area contributed by atoms with Crippen LogP contribution >= 0.6 is 0 Å². The third-order valence-corrected chi connectivity index (χ3v) is 2.20. The Labute approximate surface area is 102 Å². The van der Waals surface area contributed by atoms with Crippen molar-refractivity contribution in [3.05, 3.63) is 12.4 Å². The van der Waals surface area contributed by atoms with Crippen molar-refractivity contribution in [2.24, 2.45) is 5.84 Å². The molecule has 0 saturated carbocycles. The molecule has 6 nitrogen and oxygen atoms in total. The van der Waals surface area contributed by atoms with Gasteiger partial charge in [-0.15, -0.1) is 0 Å². The average Bonchev–Trinajstić information content (AvgIpc) is 2.38. The Hall–Kier alpha value is -1.40. The summed E-state index contributed by atoms with van der Waals surface area (Å²) in [4.78, 5) is 8.18. The lowest BCUT2D eigenvalue weighted by Gasteiger charge is -2.07. The van der Waals surface area contributed by atoms with Crippen molar-refractivity contribution < 1.29 is 4.74 Å². The fourth-order valence-corrected chi connectivity index (χ4v) is 1.26. The lowest BCUT2D eigenvalue weighted by Crippen LogP contribution is -2.11. The van der Waals surface area contributed by atoms with Gasteiger partial charge in [-0.1, -0.05) is 13.3 Å². The van der Waals surface area contributed by atoms with Crippen LogP contribution in [-0.2, 0) is 4.74 Å². The largest absolute Gasteiger partial charge is 0.381 e. The van der Waals surface area contributed by atoms with E-state index in [1.165, 1.54) is 6.42 Å². The molecule has 1 heterocycles. The summed E-state index contributed by atoms with van der Waals surface area (Å²) in [6.07, 6.45) is 6.49. The van der Waals surface area contributed by atoms with Gasteiger partial charge in [-0.05, 0) is 12.8 Å². The summed E-state index contributed by atoms with van der Waals surface area (Å²) >= 11 is 0. The number of nitrogens with zero attached hydrogens (tertiary/aromatic N) is 2. The number of unbranched alkanes of at least 4 members (excludes halogenated alkanes) is 1. The van der Waals surface area contributed by atoms with Crippen LogP contribution in [0.15, 0.2) is 12.4 Å². The van der Waals surface area contributed by atoms with E-state index in [-0.39, 0.29) is 0 Å². The first-order valence-electron chi connectivity index (χ1n) is 5.97. The summed E-state index contributed by atoms with van der Waals surface area (Å²) in [6, 6.07) is 0. The Morgan fingerprint density at radius 2 is 2.00 bits per heavy atom.